The van der Waals surface area contributed by atoms with E-state index >= 15 is 0 Å². The normalized spacial score (nSPS) is 12.6. The molecule has 0 saturated heterocycles. The lowest BCUT2D eigenvalue weighted by Crippen LogP contribution is -1.99. The van der Waals surface area contributed by atoms with Gasteiger partial charge in [-0.05, 0) is 11.5 Å². The van der Waals surface area contributed by atoms with Crippen molar-refractivity contribution in [2.45, 2.75) is 19.3 Å². The smallest absolute Gasteiger partial charge is 0.175 e. The number of benzene rings is 1. The molecule has 0 bridgehead atoms. The highest BCUT2D eigenvalue weighted by atomic mass is 15.5. The van der Waals surface area contributed by atoms with E-state index in [1.54, 1.807) is 0 Å². The Morgan fingerprint density at radius 2 is 2.07 bits per heavy atom. The van der Waals surface area contributed by atoms with Crippen LogP contribution in [-0.4, -0.2) is 20.6 Å². The SMILES string of the molecule is CC(Cc1nn[nH]n1)c1ccccc1. The van der Waals surface area contributed by atoms with E-state index in [-0.39, 0.29) is 0 Å². The van der Waals surface area contributed by atoms with E-state index in [0.717, 1.165) is 12.2 Å². The van der Waals surface area contributed by atoms with Crippen LogP contribution < -0.4 is 0 Å². The molecule has 0 spiro atoms. The molecule has 1 atom stereocenters. The van der Waals surface area contributed by atoms with Crippen LogP contribution in [0.15, 0.2) is 30.3 Å². The van der Waals surface area contributed by atoms with E-state index in [2.05, 4.69) is 39.7 Å². The molecular weight excluding hydrogens is 176 g/mol. The van der Waals surface area contributed by atoms with Gasteiger partial charge in [-0.2, -0.15) is 5.21 Å². The molecule has 0 aliphatic rings. The van der Waals surface area contributed by atoms with E-state index in [4.69, 9.17) is 0 Å². The average Bonchev–Trinajstić information content (AvgIpc) is 2.72. The third-order valence-corrected chi connectivity index (χ3v) is 2.25. The number of aromatic nitrogens is 4. The second kappa shape index (κ2) is 4.00. The summed E-state index contributed by atoms with van der Waals surface area (Å²) in [5, 5.41) is 13.9. The summed E-state index contributed by atoms with van der Waals surface area (Å²) in [6.07, 6.45) is 0.820. The first kappa shape index (κ1) is 8.87. The number of H-pyrrole nitrogens is 1. The minimum absolute atomic E-state index is 0.425. The Bertz CT molecular complexity index is 368. The van der Waals surface area contributed by atoms with Crippen LogP contribution in [0.2, 0.25) is 0 Å². The number of tetrazole rings is 1. The van der Waals surface area contributed by atoms with Crippen molar-refractivity contribution in [3.63, 3.8) is 0 Å². The van der Waals surface area contributed by atoms with E-state index in [1.807, 2.05) is 18.2 Å². The summed E-state index contributed by atoms with van der Waals surface area (Å²) in [6, 6.07) is 10.3. The fraction of sp³-hybridized carbons (Fsp3) is 0.300. The lowest BCUT2D eigenvalue weighted by molar-refractivity contribution is 0.719. The quantitative estimate of drug-likeness (QED) is 0.795. The molecule has 1 aromatic carbocycles. The number of hydrogen-bond acceptors (Lipinski definition) is 3. The Morgan fingerprint density at radius 3 is 2.71 bits per heavy atom. The van der Waals surface area contributed by atoms with Crippen LogP contribution in [0.1, 0.15) is 24.2 Å². The number of nitrogens with one attached hydrogen (secondary N) is 1. The first-order valence-electron chi connectivity index (χ1n) is 4.63. The Balaban J connectivity index is 2.07. The lowest BCUT2D eigenvalue weighted by Gasteiger charge is -2.08. The molecular formula is C10H12N4. The fourth-order valence-electron chi connectivity index (χ4n) is 1.44. The number of hydrogen-bond donors (Lipinski definition) is 1. The van der Waals surface area contributed by atoms with Crippen LogP contribution in [0.3, 0.4) is 0 Å². The summed E-state index contributed by atoms with van der Waals surface area (Å²) in [5.41, 5.74) is 1.30. The minimum Gasteiger partial charge on any atom is -0.177 e. The van der Waals surface area contributed by atoms with Crippen LogP contribution in [-0.2, 0) is 6.42 Å². The monoisotopic (exact) mass is 188 g/mol. The molecule has 2 aromatic rings. The van der Waals surface area contributed by atoms with Crippen LogP contribution in [0.5, 0.6) is 0 Å². The van der Waals surface area contributed by atoms with Crippen LogP contribution in [0, 0.1) is 0 Å². The molecule has 0 aliphatic heterocycles. The Hall–Kier alpha value is -1.71. The molecule has 2 rings (SSSR count). The number of aromatic amines is 1. The van der Waals surface area contributed by atoms with E-state index < -0.39 is 0 Å². The Morgan fingerprint density at radius 1 is 1.29 bits per heavy atom. The maximum absolute atomic E-state index is 3.93. The number of rotatable bonds is 3. The van der Waals surface area contributed by atoms with Crippen molar-refractivity contribution in [1.82, 2.24) is 20.6 Å². The van der Waals surface area contributed by atoms with Crippen molar-refractivity contribution in [2.24, 2.45) is 0 Å². The first-order valence-corrected chi connectivity index (χ1v) is 4.63. The largest absolute Gasteiger partial charge is 0.177 e. The molecule has 0 amide bonds. The minimum atomic E-state index is 0.425. The van der Waals surface area contributed by atoms with Gasteiger partial charge < -0.3 is 0 Å². The number of nitrogens with zero attached hydrogens (tertiary/aromatic N) is 3. The molecule has 14 heavy (non-hydrogen) atoms. The van der Waals surface area contributed by atoms with Crippen LogP contribution in [0.4, 0.5) is 0 Å². The van der Waals surface area contributed by atoms with Gasteiger partial charge in [0.05, 0.1) is 0 Å². The molecule has 72 valence electrons. The van der Waals surface area contributed by atoms with Gasteiger partial charge in [0, 0.05) is 6.42 Å². The van der Waals surface area contributed by atoms with Gasteiger partial charge in [-0.15, -0.1) is 10.2 Å². The molecule has 0 aliphatic carbocycles. The third-order valence-electron chi connectivity index (χ3n) is 2.25. The summed E-state index contributed by atoms with van der Waals surface area (Å²) in [4.78, 5) is 0. The van der Waals surface area contributed by atoms with Gasteiger partial charge in [0.25, 0.3) is 0 Å². The summed E-state index contributed by atoms with van der Waals surface area (Å²) < 4.78 is 0. The Kier molecular flexibility index (Phi) is 2.53. The molecule has 4 nitrogen and oxygen atoms in total. The van der Waals surface area contributed by atoms with Crippen LogP contribution >= 0.6 is 0 Å². The average molecular weight is 188 g/mol. The van der Waals surface area contributed by atoms with Crippen molar-refractivity contribution in [2.75, 3.05) is 0 Å². The molecule has 0 saturated carbocycles. The van der Waals surface area contributed by atoms with E-state index in [0.29, 0.717) is 5.92 Å². The lowest BCUT2D eigenvalue weighted by atomic mass is 9.98. The topological polar surface area (TPSA) is 54.5 Å². The van der Waals surface area contributed by atoms with Gasteiger partial charge >= 0.3 is 0 Å². The van der Waals surface area contributed by atoms with Gasteiger partial charge in [0.2, 0.25) is 0 Å². The predicted molar refractivity (Wildman–Crippen MR) is 52.7 cm³/mol. The molecule has 0 fully saturated rings. The van der Waals surface area contributed by atoms with Gasteiger partial charge in [-0.3, -0.25) is 0 Å². The summed E-state index contributed by atoms with van der Waals surface area (Å²) >= 11 is 0. The first-order chi connectivity index (χ1) is 6.86. The van der Waals surface area contributed by atoms with Gasteiger partial charge in [0.15, 0.2) is 5.82 Å². The van der Waals surface area contributed by atoms with Crippen molar-refractivity contribution < 1.29 is 0 Å². The summed E-state index contributed by atoms with van der Waals surface area (Å²) in [5.74, 6) is 1.19. The molecule has 1 heterocycles. The van der Waals surface area contributed by atoms with Crippen molar-refractivity contribution in [1.29, 1.82) is 0 Å². The van der Waals surface area contributed by atoms with Gasteiger partial charge in [0.1, 0.15) is 0 Å². The maximum atomic E-state index is 3.93. The fourth-order valence-corrected chi connectivity index (χ4v) is 1.44. The maximum Gasteiger partial charge on any atom is 0.175 e. The van der Waals surface area contributed by atoms with Crippen molar-refractivity contribution >= 4 is 0 Å². The Labute approximate surface area is 82.4 Å². The third kappa shape index (κ3) is 1.96. The highest BCUT2D eigenvalue weighted by Crippen LogP contribution is 2.17. The molecule has 1 unspecified atom stereocenters. The standard InChI is InChI=1S/C10H12N4/c1-8(7-10-11-13-14-12-10)9-5-3-2-4-6-9/h2-6,8H,7H2,1H3,(H,11,12,13,14). The van der Waals surface area contributed by atoms with E-state index in [1.165, 1.54) is 5.56 Å². The molecule has 1 aromatic heterocycles. The zero-order chi connectivity index (χ0) is 9.80. The zero-order valence-corrected chi connectivity index (χ0v) is 8.01. The van der Waals surface area contributed by atoms with Crippen molar-refractivity contribution in [3.05, 3.63) is 41.7 Å². The van der Waals surface area contributed by atoms with E-state index in [9.17, 15) is 0 Å². The summed E-state index contributed by atoms with van der Waals surface area (Å²) in [7, 11) is 0. The van der Waals surface area contributed by atoms with Gasteiger partial charge in [-0.25, -0.2) is 0 Å². The second-order valence-electron chi connectivity index (χ2n) is 3.34. The van der Waals surface area contributed by atoms with Crippen LogP contribution in [0.25, 0.3) is 0 Å². The highest BCUT2D eigenvalue weighted by molar-refractivity contribution is 5.19. The molecule has 4 heteroatoms. The predicted octanol–water partition coefficient (Wildman–Crippen LogP) is 1.55. The highest BCUT2D eigenvalue weighted by Gasteiger charge is 2.08. The summed E-state index contributed by atoms with van der Waals surface area (Å²) in [6.45, 7) is 2.16. The van der Waals surface area contributed by atoms with Gasteiger partial charge in [-0.1, -0.05) is 42.5 Å². The second-order valence-corrected chi connectivity index (χ2v) is 3.34. The zero-order valence-electron chi connectivity index (χ0n) is 8.01. The molecule has 0 radical (unpaired) electrons. The van der Waals surface area contributed by atoms with Crippen molar-refractivity contribution in [3.8, 4) is 0 Å². The molecule has 1 N–H and O–H groups in total.